The molecule has 0 saturated carbocycles. The Labute approximate surface area is 81.2 Å². The van der Waals surface area contributed by atoms with Gasteiger partial charge in [0.2, 0.25) is 0 Å². The Bertz CT molecular complexity index is 437. The van der Waals surface area contributed by atoms with Gasteiger partial charge in [-0.2, -0.15) is 0 Å². The van der Waals surface area contributed by atoms with E-state index in [9.17, 15) is 4.39 Å². The summed E-state index contributed by atoms with van der Waals surface area (Å²) in [5.41, 5.74) is 6.71. The summed E-state index contributed by atoms with van der Waals surface area (Å²) in [4.78, 5) is 3.91. The fourth-order valence-corrected chi connectivity index (χ4v) is 1.26. The van der Waals surface area contributed by atoms with E-state index in [1.807, 2.05) is 0 Å². The number of anilines is 1. The van der Waals surface area contributed by atoms with E-state index in [1.54, 1.807) is 36.5 Å². The maximum atomic E-state index is 13.3. The molecule has 0 radical (unpaired) electrons. The van der Waals surface area contributed by atoms with Gasteiger partial charge in [-0.1, -0.05) is 18.2 Å². The normalized spacial score (nSPS) is 10.1. The molecule has 0 amide bonds. The molecule has 2 N–H and O–H groups in total. The Hall–Kier alpha value is -1.90. The number of hydrogen-bond acceptors (Lipinski definition) is 2. The van der Waals surface area contributed by atoms with Crippen molar-refractivity contribution in [2.75, 3.05) is 5.73 Å². The molecule has 2 nitrogen and oxygen atoms in total. The zero-order valence-corrected chi connectivity index (χ0v) is 7.44. The van der Waals surface area contributed by atoms with Gasteiger partial charge in [-0.25, -0.2) is 9.37 Å². The second kappa shape index (κ2) is 3.46. The van der Waals surface area contributed by atoms with Gasteiger partial charge in [0.15, 0.2) is 0 Å². The third-order valence-electron chi connectivity index (χ3n) is 1.97. The van der Waals surface area contributed by atoms with Crippen LogP contribution in [0.4, 0.5) is 10.2 Å². The smallest absolute Gasteiger partial charge is 0.131 e. The summed E-state index contributed by atoms with van der Waals surface area (Å²) < 4.78 is 13.3. The fourth-order valence-electron chi connectivity index (χ4n) is 1.26. The van der Waals surface area contributed by atoms with Gasteiger partial charge < -0.3 is 5.73 Å². The summed E-state index contributed by atoms with van der Waals surface area (Å²) in [6, 6.07) is 9.98. The third-order valence-corrected chi connectivity index (χ3v) is 1.97. The van der Waals surface area contributed by atoms with Crippen LogP contribution in [0.5, 0.6) is 0 Å². The van der Waals surface area contributed by atoms with E-state index in [0.29, 0.717) is 11.4 Å². The molecule has 2 rings (SSSR count). The molecule has 0 fully saturated rings. The molecule has 1 aromatic carbocycles. The number of halogens is 1. The molecule has 0 bridgehead atoms. The number of nitrogen functional groups attached to an aromatic ring is 1. The first-order valence-corrected chi connectivity index (χ1v) is 4.24. The van der Waals surface area contributed by atoms with Crippen LogP contribution in [0.1, 0.15) is 0 Å². The van der Waals surface area contributed by atoms with E-state index in [0.717, 1.165) is 5.56 Å². The highest BCUT2D eigenvalue weighted by atomic mass is 19.1. The van der Waals surface area contributed by atoms with Gasteiger partial charge >= 0.3 is 0 Å². The number of benzene rings is 1. The Morgan fingerprint density at radius 1 is 1.07 bits per heavy atom. The maximum Gasteiger partial charge on any atom is 0.131 e. The van der Waals surface area contributed by atoms with E-state index in [1.165, 1.54) is 6.07 Å². The predicted octanol–water partition coefficient (Wildman–Crippen LogP) is 2.47. The van der Waals surface area contributed by atoms with Crippen molar-refractivity contribution in [3.63, 3.8) is 0 Å². The van der Waals surface area contributed by atoms with Crippen molar-refractivity contribution in [2.45, 2.75) is 0 Å². The number of hydrogen-bond donors (Lipinski definition) is 1. The second-order valence-corrected chi connectivity index (χ2v) is 2.95. The number of aromatic nitrogens is 1. The van der Waals surface area contributed by atoms with E-state index < -0.39 is 0 Å². The first-order valence-electron chi connectivity index (χ1n) is 4.24. The van der Waals surface area contributed by atoms with Crippen LogP contribution in [0.2, 0.25) is 0 Å². The monoisotopic (exact) mass is 188 g/mol. The number of nitrogens with zero attached hydrogens (tertiary/aromatic N) is 1. The van der Waals surface area contributed by atoms with E-state index in [2.05, 4.69) is 4.98 Å². The largest absolute Gasteiger partial charge is 0.384 e. The molecule has 2 aromatic rings. The molecule has 0 saturated heterocycles. The quantitative estimate of drug-likeness (QED) is 0.746. The van der Waals surface area contributed by atoms with Crippen molar-refractivity contribution < 1.29 is 4.39 Å². The highest BCUT2D eigenvalue weighted by molar-refractivity contribution is 5.63. The van der Waals surface area contributed by atoms with Crippen molar-refractivity contribution >= 4 is 5.82 Å². The van der Waals surface area contributed by atoms with Crippen LogP contribution in [-0.4, -0.2) is 4.98 Å². The number of rotatable bonds is 1. The fraction of sp³-hybridized carbons (Fsp3) is 0. The molecule has 0 atom stereocenters. The van der Waals surface area contributed by atoms with Crippen LogP contribution >= 0.6 is 0 Å². The first-order chi connectivity index (χ1) is 6.77. The Kier molecular flexibility index (Phi) is 2.14. The molecule has 0 spiro atoms. The van der Waals surface area contributed by atoms with Gasteiger partial charge in [0.25, 0.3) is 0 Å². The van der Waals surface area contributed by atoms with Crippen molar-refractivity contribution in [3.8, 4) is 11.1 Å². The average Bonchev–Trinajstić information content (AvgIpc) is 2.20. The number of nitrogens with two attached hydrogens (primary N) is 1. The van der Waals surface area contributed by atoms with Crippen LogP contribution in [0.15, 0.2) is 42.6 Å². The Morgan fingerprint density at radius 3 is 2.50 bits per heavy atom. The van der Waals surface area contributed by atoms with Gasteiger partial charge in [-0.3, -0.25) is 0 Å². The van der Waals surface area contributed by atoms with Crippen molar-refractivity contribution in [1.82, 2.24) is 4.98 Å². The van der Waals surface area contributed by atoms with Crippen LogP contribution in [0, 0.1) is 5.82 Å². The predicted molar refractivity (Wildman–Crippen MR) is 54.0 cm³/mol. The summed E-state index contributed by atoms with van der Waals surface area (Å²) in [6.07, 6.45) is 1.56. The van der Waals surface area contributed by atoms with Crippen LogP contribution in [0.3, 0.4) is 0 Å². The molecule has 0 aliphatic carbocycles. The highest BCUT2D eigenvalue weighted by Crippen LogP contribution is 2.21. The summed E-state index contributed by atoms with van der Waals surface area (Å²) in [6.45, 7) is 0. The summed E-state index contributed by atoms with van der Waals surface area (Å²) >= 11 is 0. The molecule has 0 unspecified atom stereocenters. The minimum atomic E-state index is -0.251. The van der Waals surface area contributed by atoms with Crippen LogP contribution in [0.25, 0.3) is 11.1 Å². The van der Waals surface area contributed by atoms with Gasteiger partial charge in [-0.15, -0.1) is 0 Å². The zero-order valence-electron chi connectivity index (χ0n) is 7.44. The topological polar surface area (TPSA) is 38.9 Å². The first kappa shape index (κ1) is 8.69. The van der Waals surface area contributed by atoms with Gasteiger partial charge in [-0.05, 0) is 18.2 Å². The van der Waals surface area contributed by atoms with E-state index in [4.69, 9.17) is 5.73 Å². The molecule has 70 valence electrons. The van der Waals surface area contributed by atoms with Crippen molar-refractivity contribution in [3.05, 3.63) is 48.4 Å². The Balaban J connectivity index is 2.50. The van der Waals surface area contributed by atoms with E-state index in [-0.39, 0.29) is 5.82 Å². The second-order valence-electron chi connectivity index (χ2n) is 2.95. The standard InChI is InChI=1S/C11H9FN2/c12-10-4-2-1-3-9(10)8-5-6-11(13)14-7-8/h1-7H,(H2,13,14). The average molecular weight is 188 g/mol. The lowest BCUT2D eigenvalue weighted by Gasteiger charge is -2.02. The summed E-state index contributed by atoms with van der Waals surface area (Å²) in [5.74, 6) is 0.184. The molecular weight excluding hydrogens is 179 g/mol. The lowest BCUT2D eigenvalue weighted by molar-refractivity contribution is 0.631. The van der Waals surface area contributed by atoms with Crippen molar-refractivity contribution in [2.24, 2.45) is 0 Å². The highest BCUT2D eigenvalue weighted by Gasteiger charge is 2.02. The molecule has 1 aromatic heterocycles. The third kappa shape index (κ3) is 1.57. The maximum absolute atomic E-state index is 13.3. The molecule has 0 aliphatic rings. The zero-order chi connectivity index (χ0) is 9.97. The molecule has 14 heavy (non-hydrogen) atoms. The minimum Gasteiger partial charge on any atom is -0.384 e. The molecule has 0 aliphatic heterocycles. The summed E-state index contributed by atoms with van der Waals surface area (Å²) in [7, 11) is 0. The van der Waals surface area contributed by atoms with Gasteiger partial charge in [0.05, 0.1) is 0 Å². The molecule has 3 heteroatoms. The lowest BCUT2D eigenvalue weighted by atomic mass is 10.1. The lowest BCUT2D eigenvalue weighted by Crippen LogP contribution is -1.90. The SMILES string of the molecule is Nc1ccc(-c2ccccc2F)cn1. The molecule has 1 heterocycles. The van der Waals surface area contributed by atoms with Crippen LogP contribution < -0.4 is 5.73 Å². The van der Waals surface area contributed by atoms with Gasteiger partial charge in [0, 0.05) is 17.3 Å². The Morgan fingerprint density at radius 2 is 1.86 bits per heavy atom. The van der Waals surface area contributed by atoms with Crippen molar-refractivity contribution in [1.29, 1.82) is 0 Å². The van der Waals surface area contributed by atoms with E-state index >= 15 is 0 Å². The summed E-state index contributed by atoms with van der Waals surface area (Å²) in [5, 5.41) is 0. The number of pyridine rings is 1. The molecular formula is C11H9FN2. The minimum absolute atomic E-state index is 0.251. The van der Waals surface area contributed by atoms with Gasteiger partial charge in [0.1, 0.15) is 11.6 Å². The van der Waals surface area contributed by atoms with Crippen LogP contribution in [-0.2, 0) is 0 Å².